The molecule has 1 aliphatic rings. The maximum absolute atomic E-state index is 9.39. The molecule has 1 rings (SSSR count). The summed E-state index contributed by atoms with van der Waals surface area (Å²) in [5, 5.41) is 9.39. The molecule has 56 valence electrons. The highest BCUT2D eigenvalue weighted by Crippen LogP contribution is 2.46. The summed E-state index contributed by atoms with van der Waals surface area (Å²) >= 11 is 0. The molecule has 1 fully saturated rings. The van der Waals surface area contributed by atoms with Crippen molar-refractivity contribution in [3.63, 3.8) is 0 Å². The Morgan fingerprint density at radius 3 is 2.40 bits per heavy atom. The maximum Gasteiger partial charge on any atom is 0.120 e. The second-order valence-corrected chi connectivity index (χ2v) is 3.14. The molecule has 1 unspecified atom stereocenters. The predicted molar refractivity (Wildman–Crippen MR) is 41.4 cm³/mol. The molecule has 0 saturated heterocycles. The second-order valence-electron chi connectivity index (χ2n) is 3.14. The molecular weight excluding hydrogens is 124 g/mol. The number of aliphatic hydroxyl groups excluding tert-OH is 1. The Kier molecular flexibility index (Phi) is 2.01. The van der Waals surface area contributed by atoms with Gasteiger partial charge in [0.05, 0.1) is 0 Å². The summed E-state index contributed by atoms with van der Waals surface area (Å²) in [6.07, 6.45) is 9.09. The van der Waals surface area contributed by atoms with Crippen LogP contribution < -0.4 is 0 Å². The van der Waals surface area contributed by atoms with Gasteiger partial charge in [-0.25, -0.2) is 0 Å². The van der Waals surface area contributed by atoms with E-state index >= 15 is 0 Å². The Balaban J connectivity index is 2.57. The van der Waals surface area contributed by atoms with Gasteiger partial charge in [0.2, 0.25) is 0 Å². The van der Waals surface area contributed by atoms with Gasteiger partial charge in [-0.1, -0.05) is 19.3 Å². The van der Waals surface area contributed by atoms with Crippen LogP contribution in [0.25, 0.3) is 0 Å². The zero-order valence-corrected chi connectivity index (χ0v) is 6.43. The lowest BCUT2D eigenvalue weighted by atomic mass is 9.64. The van der Waals surface area contributed by atoms with Crippen molar-refractivity contribution in [2.24, 2.45) is 5.41 Å². The molecule has 1 aliphatic carbocycles. The Labute approximate surface area is 62.4 Å². The molecule has 0 aromatic carbocycles. The standard InChI is InChI=1S/C9H14O/c1-3-8(10)9(4-2)6-5-7-9/h1,8,10H,4-7H2,2H3. The number of rotatable bonds is 2. The Hall–Kier alpha value is -0.480. The average Bonchev–Trinajstić information content (AvgIpc) is 1.86. The first-order valence-corrected chi connectivity index (χ1v) is 3.89. The molecular formula is C9H14O. The van der Waals surface area contributed by atoms with E-state index in [1.54, 1.807) is 0 Å². The predicted octanol–water partition coefficient (Wildman–Crippen LogP) is 1.56. The summed E-state index contributed by atoms with van der Waals surface area (Å²) in [6, 6.07) is 0. The van der Waals surface area contributed by atoms with E-state index in [0.29, 0.717) is 0 Å². The van der Waals surface area contributed by atoms with E-state index in [1.165, 1.54) is 6.42 Å². The third kappa shape index (κ3) is 0.932. The van der Waals surface area contributed by atoms with Crippen LogP contribution in [0.3, 0.4) is 0 Å². The van der Waals surface area contributed by atoms with Crippen molar-refractivity contribution in [2.45, 2.75) is 38.7 Å². The van der Waals surface area contributed by atoms with Crippen molar-refractivity contribution in [1.82, 2.24) is 0 Å². The van der Waals surface area contributed by atoms with Gasteiger partial charge in [0.25, 0.3) is 0 Å². The van der Waals surface area contributed by atoms with Crippen molar-refractivity contribution >= 4 is 0 Å². The van der Waals surface area contributed by atoms with E-state index in [4.69, 9.17) is 6.42 Å². The molecule has 0 aromatic heterocycles. The van der Waals surface area contributed by atoms with E-state index in [2.05, 4.69) is 12.8 Å². The molecule has 1 saturated carbocycles. The smallest absolute Gasteiger partial charge is 0.120 e. The first-order chi connectivity index (χ1) is 4.75. The Morgan fingerprint density at radius 1 is 1.70 bits per heavy atom. The molecule has 1 N–H and O–H groups in total. The minimum Gasteiger partial charge on any atom is -0.380 e. The van der Waals surface area contributed by atoms with Crippen LogP contribution in [0.5, 0.6) is 0 Å². The number of hydrogen-bond acceptors (Lipinski definition) is 1. The van der Waals surface area contributed by atoms with Gasteiger partial charge < -0.3 is 5.11 Å². The monoisotopic (exact) mass is 138 g/mol. The van der Waals surface area contributed by atoms with Crippen LogP contribution in [0.2, 0.25) is 0 Å². The lowest BCUT2D eigenvalue weighted by Gasteiger charge is -2.42. The summed E-state index contributed by atoms with van der Waals surface area (Å²) in [4.78, 5) is 0. The third-order valence-electron chi connectivity index (χ3n) is 2.79. The van der Waals surface area contributed by atoms with Crippen LogP contribution in [0.15, 0.2) is 0 Å². The summed E-state index contributed by atoms with van der Waals surface area (Å²) in [5.41, 5.74) is 0.0920. The van der Waals surface area contributed by atoms with E-state index in [0.717, 1.165) is 19.3 Å². The molecule has 10 heavy (non-hydrogen) atoms. The van der Waals surface area contributed by atoms with Gasteiger partial charge in [0.15, 0.2) is 0 Å². The van der Waals surface area contributed by atoms with Crippen LogP contribution in [0, 0.1) is 17.8 Å². The van der Waals surface area contributed by atoms with Crippen LogP contribution in [0.1, 0.15) is 32.6 Å². The minimum absolute atomic E-state index is 0.0920. The van der Waals surface area contributed by atoms with E-state index in [1.807, 2.05) is 0 Å². The fourth-order valence-electron chi connectivity index (χ4n) is 1.63. The zero-order chi connectivity index (χ0) is 7.61. The normalized spacial score (nSPS) is 24.5. The van der Waals surface area contributed by atoms with Gasteiger partial charge in [0, 0.05) is 5.41 Å². The van der Waals surface area contributed by atoms with Crippen molar-refractivity contribution in [3.05, 3.63) is 0 Å². The lowest BCUT2D eigenvalue weighted by molar-refractivity contribution is -0.00242. The largest absolute Gasteiger partial charge is 0.380 e. The topological polar surface area (TPSA) is 20.2 Å². The number of terminal acetylenes is 1. The fourth-order valence-corrected chi connectivity index (χ4v) is 1.63. The lowest BCUT2D eigenvalue weighted by Crippen LogP contribution is -2.39. The Morgan fingerprint density at radius 2 is 2.30 bits per heavy atom. The summed E-state index contributed by atoms with van der Waals surface area (Å²) < 4.78 is 0. The van der Waals surface area contributed by atoms with Gasteiger partial charge >= 0.3 is 0 Å². The number of hydrogen-bond donors (Lipinski definition) is 1. The van der Waals surface area contributed by atoms with Crippen molar-refractivity contribution in [3.8, 4) is 12.3 Å². The van der Waals surface area contributed by atoms with Gasteiger partial charge in [-0.3, -0.25) is 0 Å². The van der Waals surface area contributed by atoms with Crippen molar-refractivity contribution in [2.75, 3.05) is 0 Å². The highest BCUT2D eigenvalue weighted by Gasteiger charge is 2.40. The molecule has 1 heteroatoms. The van der Waals surface area contributed by atoms with Gasteiger partial charge in [-0.05, 0) is 19.3 Å². The van der Waals surface area contributed by atoms with Gasteiger partial charge in [-0.15, -0.1) is 6.42 Å². The first kappa shape index (κ1) is 7.63. The fraction of sp³-hybridized carbons (Fsp3) is 0.778. The first-order valence-electron chi connectivity index (χ1n) is 3.89. The van der Waals surface area contributed by atoms with Crippen molar-refractivity contribution < 1.29 is 5.11 Å². The molecule has 0 amide bonds. The molecule has 1 atom stereocenters. The van der Waals surface area contributed by atoms with E-state index < -0.39 is 6.10 Å². The van der Waals surface area contributed by atoms with Crippen molar-refractivity contribution in [1.29, 1.82) is 0 Å². The van der Waals surface area contributed by atoms with E-state index in [-0.39, 0.29) is 5.41 Å². The minimum atomic E-state index is -0.508. The van der Waals surface area contributed by atoms with E-state index in [9.17, 15) is 5.11 Å². The average molecular weight is 138 g/mol. The SMILES string of the molecule is C#CC(O)C1(CC)CCC1. The summed E-state index contributed by atoms with van der Waals surface area (Å²) in [6.45, 7) is 2.10. The highest BCUT2D eigenvalue weighted by molar-refractivity contribution is 5.06. The molecule has 1 nitrogen and oxygen atoms in total. The van der Waals surface area contributed by atoms with Crippen LogP contribution in [-0.2, 0) is 0 Å². The molecule has 0 aliphatic heterocycles. The molecule has 0 aromatic rings. The highest BCUT2D eigenvalue weighted by atomic mass is 16.3. The summed E-state index contributed by atoms with van der Waals surface area (Å²) in [7, 11) is 0. The van der Waals surface area contributed by atoms with Crippen LogP contribution in [-0.4, -0.2) is 11.2 Å². The van der Waals surface area contributed by atoms with Gasteiger partial charge in [-0.2, -0.15) is 0 Å². The molecule has 0 heterocycles. The number of aliphatic hydroxyl groups is 1. The van der Waals surface area contributed by atoms with Crippen LogP contribution in [0.4, 0.5) is 0 Å². The zero-order valence-electron chi connectivity index (χ0n) is 6.43. The quantitative estimate of drug-likeness (QED) is 0.574. The second kappa shape index (κ2) is 2.64. The molecule has 0 radical (unpaired) electrons. The third-order valence-corrected chi connectivity index (χ3v) is 2.79. The van der Waals surface area contributed by atoms with Gasteiger partial charge in [0.1, 0.15) is 6.10 Å². The molecule has 0 spiro atoms. The molecule has 0 bridgehead atoms. The summed E-state index contributed by atoms with van der Waals surface area (Å²) in [5.74, 6) is 2.41. The maximum atomic E-state index is 9.39. The van der Waals surface area contributed by atoms with Crippen LogP contribution >= 0.6 is 0 Å². The Bertz CT molecular complexity index is 145.